The van der Waals surface area contributed by atoms with Crippen molar-refractivity contribution in [2.24, 2.45) is 5.73 Å². The topological polar surface area (TPSA) is 55.6 Å². The molecule has 0 aromatic heterocycles. The van der Waals surface area contributed by atoms with Crippen molar-refractivity contribution in [3.05, 3.63) is 28.2 Å². The summed E-state index contributed by atoms with van der Waals surface area (Å²) in [5, 5.41) is 0.958. The maximum Gasteiger partial charge on any atom is 0.260 e. The van der Waals surface area contributed by atoms with Gasteiger partial charge in [0.25, 0.3) is 5.91 Å². The SMILES string of the molecule is N[C@@H]1CCCN(C(=O)COc2cc(Cl)ccc2Cl)C1. The molecule has 0 unspecified atom stereocenters. The summed E-state index contributed by atoms with van der Waals surface area (Å²) in [6.45, 7) is 1.28. The fourth-order valence-corrected chi connectivity index (χ4v) is 2.39. The molecular weight excluding hydrogens is 287 g/mol. The quantitative estimate of drug-likeness (QED) is 0.932. The Labute approximate surface area is 122 Å². The number of ether oxygens (including phenoxy) is 1. The van der Waals surface area contributed by atoms with Crippen LogP contribution in [-0.4, -0.2) is 36.5 Å². The Hall–Kier alpha value is -0.970. The Bertz CT molecular complexity index is 468. The summed E-state index contributed by atoms with van der Waals surface area (Å²) < 4.78 is 5.42. The van der Waals surface area contributed by atoms with Crippen LogP contribution in [0.1, 0.15) is 12.8 Å². The van der Waals surface area contributed by atoms with Gasteiger partial charge in [-0.2, -0.15) is 0 Å². The Morgan fingerprint density at radius 1 is 1.47 bits per heavy atom. The Morgan fingerprint density at radius 3 is 3.00 bits per heavy atom. The highest BCUT2D eigenvalue weighted by atomic mass is 35.5. The van der Waals surface area contributed by atoms with Crippen LogP contribution in [0.4, 0.5) is 0 Å². The lowest BCUT2D eigenvalue weighted by molar-refractivity contribution is -0.134. The number of hydrogen-bond acceptors (Lipinski definition) is 3. The van der Waals surface area contributed by atoms with E-state index in [0.29, 0.717) is 22.3 Å². The summed E-state index contributed by atoms with van der Waals surface area (Å²) in [5.41, 5.74) is 5.84. The molecule has 1 aromatic carbocycles. The number of hydrogen-bond donors (Lipinski definition) is 1. The highest BCUT2D eigenvalue weighted by Gasteiger charge is 2.21. The normalized spacial score (nSPS) is 19.3. The Kier molecular flexibility index (Phi) is 4.91. The molecule has 4 nitrogen and oxygen atoms in total. The summed E-state index contributed by atoms with van der Waals surface area (Å²) >= 11 is 11.8. The van der Waals surface area contributed by atoms with Gasteiger partial charge in [-0.3, -0.25) is 4.79 Å². The van der Waals surface area contributed by atoms with Crippen LogP contribution in [0.25, 0.3) is 0 Å². The van der Waals surface area contributed by atoms with Crippen molar-refractivity contribution in [2.75, 3.05) is 19.7 Å². The van der Waals surface area contributed by atoms with E-state index in [-0.39, 0.29) is 18.6 Å². The molecule has 0 saturated carbocycles. The highest BCUT2D eigenvalue weighted by Crippen LogP contribution is 2.27. The summed E-state index contributed by atoms with van der Waals surface area (Å²) in [5.74, 6) is 0.343. The van der Waals surface area contributed by atoms with Crippen LogP contribution in [0.2, 0.25) is 10.0 Å². The van der Waals surface area contributed by atoms with Crippen molar-refractivity contribution in [1.82, 2.24) is 4.90 Å². The standard InChI is InChI=1S/C13H16Cl2N2O2/c14-9-3-4-11(15)12(6-9)19-8-13(18)17-5-1-2-10(16)7-17/h3-4,6,10H,1-2,5,7-8,16H2/t10-/m1/s1. The van der Waals surface area contributed by atoms with Crippen molar-refractivity contribution in [1.29, 1.82) is 0 Å². The van der Waals surface area contributed by atoms with Gasteiger partial charge in [0.2, 0.25) is 0 Å². The molecule has 0 radical (unpaired) electrons. The van der Waals surface area contributed by atoms with Crippen molar-refractivity contribution < 1.29 is 9.53 Å². The number of piperidine rings is 1. The molecule has 1 aromatic rings. The number of carbonyl (C=O) groups is 1. The molecule has 0 bridgehead atoms. The second-order valence-corrected chi connectivity index (χ2v) is 5.45. The first kappa shape index (κ1) is 14.4. The maximum atomic E-state index is 12.0. The number of nitrogens with two attached hydrogens (primary N) is 1. The van der Waals surface area contributed by atoms with Gasteiger partial charge in [-0.1, -0.05) is 23.2 Å². The summed E-state index contributed by atoms with van der Waals surface area (Å²) in [6, 6.07) is 4.97. The molecule has 1 aliphatic heterocycles. The first-order valence-electron chi connectivity index (χ1n) is 6.17. The summed E-state index contributed by atoms with van der Waals surface area (Å²) in [6.07, 6.45) is 1.90. The fraction of sp³-hybridized carbons (Fsp3) is 0.462. The number of nitrogens with zero attached hydrogens (tertiary/aromatic N) is 1. The van der Waals surface area contributed by atoms with E-state index in [1.54, 1.807) is 23.1 Å². The minimum Gasteiger partial charge on any atom is -0.482 e. The lowest BCUT2D eigenvalue weighted by Gasteiger charge is -2.30. The van der Waals surface area contributed by atoms with E-state index in [1.165, 1.54) is 0 Å². The number of amides is 1. The van der Waals surface area contributed by atoms with Gasteiger partial charge in [0, 0.05) is 30.2 Å². The Balaban J connectivity index is 1.91. The zero-order valence-electron chi connectivity index (χ0n) is 10.4. The third-order valence-corrected chi connectivity index (χ3v) is 3.60. The molecule has 0 spiro atoms. The largest absolute Gasteiger partial charge is 0.482 e. The van der Waals surface area contributed by atoms with Crippen LogP contribution in [-0.2, 0) is 4.79 Å². The lowest BCUT2D eigenvalue weighted by atomic mass is 10.1. The van der Waals surface area contributed by atoms with E-state index in [2.05, 4.69) is 0 Å². The summed E-state index contributed by atoms with van der Waals surface area (Å²) in [7, 11) is 0. The van der Waals surface area contributed by atoms with Crippen LogP contribution in [0.5, 0.6) is 5.75 Å². The van der Waals surface area contributed by atoms with Crippen molar-refractivity contribution >= 4 is 29.1 Å². The zero-order chi connectivity index (χ0) is 13.8. The van der Waals surface area contributed by atoms with E-state index >= 15 is 0 Å². The van der Waals surface area contributed by atoms with Crippen molar-refractivity contribution in [3.8, 4) is 5.75 Å². The van der Waals surface area contributed by atoms with Gasteiger partial charge in [0.05, 0.1) is 5.02 Å². The number of rotatable bonds is 3. The number of carbonyl (C=O) groups excluding carboxylic acids is 1. The van der Waals surface area contributed by atoms with E-state index < -0.39 is 0 Å². The number of benzene rings is 1. The third kappa shape index (κ3) is 4.00. The van der Waals surface area contributed by atoms with E-state index in [0.717, 1.165) is 19.4 Å². The molecule has 1 heterocycles. The molecule has 1 amide bonds. The second kappa shape index (κ2) is 6.46. The van der Waals surface area contributed by atoms with E-state index in [9.17, 15) is 4.79 Å². The molecule has 19 heavy (non-hydrogen) atoms. The fourth-order valence-electron chi connectivity index (χ4n) is 2.06. The molecule has 104 valence electrons. The van der Waals surface area contributed by atoms with Crippen LogP contribution in [0, 0.1) is 0 Å². The zero-order valence-corrected chi connectivity index (χ0v) is 12.0. The van der Waals surface area contributed by atoms with Crippen molar-refractivity contribution in [3.63, 3.8) is 0 Å². The van der Waals surface area contributed by atoms with Gasteiger partial charge in [-0.05, 0) is 25.0 Å². The molecule has 1 saturated heterocycles. The molecule has 2 N–H and O–H groups in total. The molecule has 6 heteroatoms. The molecular formula is C13H16Cl2N2O2. The first-order valence-corrected chi connectivity index (χ1v) is 6.93. The van der Waals surface area contributed by atoms with Crippen LogP contribution in [0.3, 0.4) is 0 Å². The molecule has 0 aliphatic carbocycles. The summed E-state index contributed by atoms with van der Waals surface area (Å²) in [4.78, 5) is 13.7. The van der Waals surface area contributed by atoms with Gasteiger partial charge in [0.1, 0.15) is 5.75 Å². The minimum absolute atomic E-state index is 0.0488. The van der Waals surface area contributed by atoms with Crippen LogP contribution < -0.4 is 10.5 Å². The predicted molar refractivity (Wildman–Crippen MR) is 75.7 cm³/mol. The van der Waals surface area contributed by atoms with Gasteiger partial charge < -0.3 is 15.4 Å². The minimum atomic E-state index is -0.0776. The predicted octanol–water partition coefficient (Wildman–Crippen LogP) is 2.32. The smallest absolute Gasteiger partial charge is 0.260 e. The highest BCUT2D eigenvalue weighted by molar-refractivity contribution is 6.34. The van der Waals surface area contributed by atoms with Gasteiger partial charge in [-0.15, -0.1) is 0 Å². The average Bonchev–Trinajstić information content (AvgIpc) is 2.39. The van der Waals surface area contributed by atoms with Gasteiger partial charge >= 0.3 is 0 Å². The third-order valence-electron chi connectivity index (χ3n) is 3.05. The molecule has 1 atom stereocenters. The Morgan fingerprint density at radius 2 is 2.26 bits per heavy atom. The van der Waals surface area contributed by atoms with Crippen LogP contribution in [0.15, 0.2) is 18.2 Å². The lowest BCUT2D eigenvalue weighted by Crippen LogP contribution is -2.47. The number of likely N-dealkylation sites (tertiary alicyclic amines) is 1. The maximum absolute atomic E-state index is 12.0. The van der Waals surface area contributed by atoms with E-state index in [4.69, 9.17) is 33.7 Å². The molecule has 1 fully saturated rings. The number of halogens is 2. The van der Waals surface area contributed by atoms with Gasteiger partial charge in [-0.25, -0.2) is 0 Å². The second-order valence-electron chi connectivity index (χ2n) is 4.61. The van der Waals surface area contributed by atoms with Gasteiger partial charge in [0.15, 0.2) is 6.61 Å². The van der Waals surface area contributed by atoms with E-state index in [1.807, 2.05) is 0 Å². The molecule has 1 aliphatic rings. The monoisotopic (exact) mass is 302 g/mol. The molecule has 2 rings (SSSR count). The average molecular weight is 303 g/mol. The van der Waals surface area contributed by atoms with Crippen LogP contribution >= 0.6 is 23.2 Å². The first-order chi connectivity index (χ1) is 9.06. The van der Waals surface area contributed by atoms with Crippen molar-refractivity contribution in [2.45, 2.75) is 18.9 Å².